The van der Waals surface area contributed by atoms with Crippen LogP contribution in [0.1, 0.15) is 11.3 Å². The Bertz CT molecular complexity index is 988. The summed E-state index contributed by atoms with van der Waals surface area (Å²) in [6, 6.07) is 18.5. The summed E-state index contributed by atoms with van der Waals surface area (Å²) in [5, 5.41) is 2.50. The van der Waals surface area contributed by atoms with Gasteiger partial charge in [0.1, 0.15) is 18.5 Å². The van der Waals surface area contributed by atoms with Gasteiger partial charge < -0.3 is 14.4 Å². The lowest BCUT2D eigenvalue weighted by Gasteiger charge is -2.32. The number of nitrogens with zero attached hydrogens (tertiary/aromatic N) is 2. The molecule has 1 amide bonds. The maximum Gasteiger partial charge on any atom is 0.232 e. The van der Waals surface area contributed by atoms with Gasteiger partial charge in [-0.3, -0.25) is 9.78 Å². The van der Waals surface area contributed by atoms with Crippen LogP contribution < -0.4 is 4.74 Å². The van der Waals surface area contributed by atoms with Crippen molar-refractivity contribution in [2.75, 3.05) is 32.1 Å². The van der Waals surface area contributed by atoms with Crippen LogP contribution >= 0.6 is 11.8 Å². The van der Waals surface area contributed by atoms with Crippen molar-refractivity contribution in [2.45, 2.75) is 18.8 Å². The highest BCUT2D eigenvalue weighted by atomic mass is 32.2. The van der Waals surface area contributed by atoms with Gasteiger partial charge in [-0.1, -0.05) is 42.5 Å². The van der Waals surface area contributed by atoms with E-state index in [4.69, 9.17) is 9.47 Å². The van der Waals surface area contributed by atoms with Crippen molar-refractivity contribution in [3.63, 3.8) is 0 Å². The van der Waals surface area contributed by atoms with Crippen molar-refractivity contribution in [1.29, 1.82) is 0 Å². The molecule has 0 aliphatic carbocycles. The summed E-state index contributed by atoms with van der Waals surface area (Å²) in [7, 11) is 0. The van der Waals surface area contributed by atoms with Crippen molar-refractivity contribution in [1.82, 2.24) is 9.88 Å². The number of aryl methyl sites for hydroxylation is 1. The number of amides is 1. The fraction of sp³-hybridized carbons (Fsp3) is 0.333. The quantitative estimate of drug-likeness (QED) is 0.574. The lowest BCUT2D eigenvalue weighted by Crippen LogP contribution is -2.48. The first kappa shape index (κ1) is 20.7. The molecule has 1 aliphatic heterocycles. The topological polar surface area (TPSA) is 51.7 Å². The van der Waals surface area contributed by atoms with Crippen LogP contribution in [-0.4, -0.2) is 54.0 Å². The molecule has 0 radical (unpaired) electrons. The van der Waals surface area contributed by atoms with E-state index in [2.05, 4.69) is 47.4 Å². The Morgan fingerprint density at radius 1 is 1.20 bits per heavy atom. The van der Waals surface area contributed by atoms with Gasteiger partial charge in [-0.2, -0.15) is 0 Å². The molecule has 1 aromatic heterocycles. The smallest absolute Gasteiger partial charge is 0.232 e. The Morgan fingerprint density at radius 2 is 2.07 bits per heavy atom. The van der Waals surface area contributed by atoms with Crippen LogP contribution in [-0.2, 0) is 15.3 Å². The Labute approximate surface area is 181 Å². The highest BCUT2D eigenvalue weighted by Crippen LogP contribution is 2.23. The van der Waals surface area contributed by atoms with E-state index in [9.17, 15) is 4.79 Å². The van der Waals surface area contributed by atoms with Gasteiger partial charge in [-0.25, -0.2) is 0 Å². The minimum absolute atomic E-state index is 0.118. The number of benzene rings is 2. The van der Waals surface area contributed by atoms with Crippen molar-refractivity contribution >= 4 is 28.4 Å². The van der Waals surface area contributed by atoms with E-state index >= 15 is 0 Å². The molecule has 2 heterocycles. The van der Waals surface area contributed by atoms with Crippen LogP contribution in [0.5, 0.6) is 5.75 Å². The molecule has 1 aliphatic rings. The number of carbonyl (C=O) groups is 1. The molecule has 0 spiro atoms. The van der Waals surface area contributed by atoms with E-state index in [1.807, 2.05) is 24.0 Å². The zero-order valence-corrected chi connectivity index (χ0v) is 17.9. The lowest BCUT2D eigenvalue weighted by atomic mass is 10.1. The number of fused-ring (bicyclic) bond motifs is 1. The first-order valence-electron chi connectivity index (χ1n) is 10.2. The van der Waals surface area contributed by atoms with Crippen LogP contribution in [0.3, 0.4) is 0 Å². The number of thioether (sulfide) groups is 1. The van der Waals surface area contributed by atoms with Crippen LogP contribution in [0, 0.1) is 6.92 Å². The number of hydrogen-bond acceptors (Lipinski definition) is 5. The second-order valence-electron chi connectivity index (χ2n) is 7.41. The summed E-state index contributed by atoms with van der Waals surface area (Å²) < 4.78 is 11.6. The summed E-state index contributed by atoms with van der Waals surface area (Å²) in [5.41, 5.74) is 2.22. The Balaban J connectivity index is 1.25. The molecule has 0 bridgehead atoms. The van der Waals surface area contributed by atoms with Crippen LogP contribution in [0.15, 0.2) is 60.8 Å². The van der Waals surface area contributed by atoms with Gasteiger partial charge in [0, 0.05) is 18.0 Å². The molecule has 1 saturated heterocycles. The van der Waals surface area contributed by atoms with Crippen molar-refractivity contribution in [3.05, 3.63) is 72.1 Å². The molecule has 2 aromatic carbocycles. The van der Waals surface area contributed by atoms with E-state index in [-0.39, 0.29) is 12.0 Å². The largest absolute Gasteiger partial charge is 0.489 e. The third kappa shape index (κ3) is 5.32. The predicted molar refractivity (Wildman–Crippen MR) is 121 cm³/mol. The molecule has 1 atom stereocenters. The van der Waals surface area contributed by atoms with Gasteiger partial charge in [0.25, 0.3) is 0 Å². The third-order valence-electron chi connectivity index (χ3n) is 5.17. The molecule has 0 N–H and O–H groups in total. The van der Waals surface area contributed by atoms with Gasteiger partial charge in [0.15, 0.2) is 0 Å². The van der Waals surface area contributed by atoms with Gasteiger partial charge in [0.05, 0.1) is 25.1 Å². The normalized spacial score (nSPS) is 16.6. The fourth-order valence-corrected chi connectivity index (χ4v) is 4.46. The minimum Gasteiger partial charge on any atom is -0.489 e. The Hall–Kier alpha value is -2.57. The van der Waals surface area contributed by atoms with Gasteiger partial charge >= 0.3 is 0 Å². The predicted octanol–water partition coefficient (Wildman–Crippen LogP) is 4.08. The molecule has 3 aromatic rings. The van der Waals surface area contributed by atoms with Crippen LogP contribution in [0.25, 0.3) is 10.8 Å². The van der Waals surface area contributed by atoms with Gasteiger partial charge in [-0.05, 0) is 35.4 Å². The molecule has 6 heteroatoms. The minimum atomic E-state index is -0.118. The zero-order valence-electron chi connectivity index (χ0n) is 17.1. The monoisotopic (exact) mass is 422 g/mol. The molecule has 0 saturated carbocycles. The first-order valence-corrected chi connectivity index (χ1v) is 11.3. The molecular weight excluding hydrogens is 396 g/mol. The maximum atomic E-state index is 12.7. The summed E-state index contributed by atoms with van der Waals surface area (Å²) >= 11 is 1.66. The van der Waals surface area contributed by atoms with E-state index < -0.39 is 0 Å². The van der Waals surface area contributed by atoms with Crippen LogP contribution in [0.2, 0.25) is 0 Å². The third-order valence-corrected chi connectivity index (χ3v) is 6.14. The zero-order chi connectivity index (χ0) is 20.8. The Morgan fingerprint density at radius 3 is 2.93 bits per heavy atom. The molecule has 4 rings (SSSR count). The first-order chi connectivity index (χ1) is 14.7. The summed E-state index contributed by atoms with van der Waals surface area (Å²) in [5.74, 6) is 2.17. The lowest BCUT2D eigenvalue weighted by molar-refractivity contribution is -0.137. The van der Waals surface area contributed by atoms with Gasteiger partial charge in [0.2, 0.25) is 5.91 Å². The standard InChI is InChI=1S/C24H26N2O3S/c1-18-9-10-21(13-25-18)29-15-22-14-26(11-12-28-22)24(27)17-30-16-20-7-4-6-19-5-2-3-8-23(19)20/h2-10,13,22H,11-12,14-17H2,1H3. The highest BCUT2D eigenvalue weighted by molar-refractivity contribution is 7.99. The fourth-order valence-electron chi connectivity index (χ4n) is 3.53. The van der Waals surface area contributed by atoms with Crippen molar-refractivity contribution in [2.24, 2.45) is 0 Å². The Kier molecular flexibility index (Phi) is 6.87. The van der Waals surface area contributed by atoms with Gasteiger partial charge in [-0.15, -0.1) is 11.8 Å². The number of ether oxygens (including phenoxy) is 2. The molecule has 5 nitrogen and oxygen atoms in total. The molecular formula is C24H26N2O3S. The molecule has 1 fully saturated rings. The highest BCUT2D eigenvalue weighted by Gasteiger charge is 2.24. The number of carbonyl (C=O) groups excluding carboxylic acids is 1. The number of aromatic nitrogens is 1. The maximum absolute atomic E-state index is 12.7. The van der Waals surface area contributed by atoms with E-state index in [0.717, 1.165) is 17.2 Å². The second kappa shape index (κ2) is 9.96. The van der Waals surface area contributed by atoms with E-state index in [1.54, 1.807) is 18.0 Å². The number of rotatable bonds is 7. The number of pyridine rings is 1. The average Bonchev–Trinajstić information content (AvgIpc) is 2.79. The summed E-state index contributed by atoms with van der Waals surface area (Å²) in [6.45, 7) is 4.09. The SMILES string of the molecule is Cc1ccc(OCC2CN(C(=O)CSCc3cccc4ccccc34)CCO2)cn1. The van der Waals surface area contributed by atoms with Crippen molar-refractivity contribution in [3.8, 4) is 5.75 Å². The molecule has 30 heavy (non-hydrogen) atoms. The number of hydrogen-bond donors (Lipinski definition) is 0. The van der Waals surface area contributed by atoms with Crippen molar-refractivity contribution < 1.29 is 14.3 Å². The van der Waals surface area contributed by atoms with Crippen LogP contribution in [0.4, 0.5) is 0 Å². The summed E-state index contributed by atoms with van der Waals surface area (Å²) in [6.07, 6.45) is 1.59. The molecule has 156 valence electrons. The number of morpholine rings is 1. The average molecular weight is 423 g/mol. The second-order valence-corrected chi connectivity index (χ2v) is 8.40. The summed E-state index contributed by atoms with van der Waals surface area (Å²) in [4.78, 5) is 18.8. The van der Waals surface area contributed by atoms with E-state index in [1.165, 1.54) is 16.3 Å². The molecule has 1 unspecified atom stereocenters. The van der Waals surface area contributed by atoms with E-state index in [0.29, 0.717) is 32.1 Å².